The molecule has 4 fully saturated rings. The molecule has 16 N–H and O–H groups in total. The first-order chi connectivity index (χ1) is 58.0. The van der Waals surface area contributed by atoms with Crippen LogP contribution in [0.3, 0.4) is 0 Å². The summed E-state index contributed by atoms with van der Waals surface area (Å²) < 4.78 is 30.8. The average molecular weight is 1780 g/mol. The number of phenols is 1. The first-order valence-electron chi connectivity index (χ1n) is 40.3. The Hall–Kier alpha value is -9.21. The van der Waals surface area contributed by atoms with Crippen molar-refractivity contribution in [2.75, 3.05) is 62.8 Å². The van der Waals surface area contributed by atoms with E-state index in [2.05, 4.69) is 37.2 Å². The van der Waals surface area contributed by atoms with E-state index < -0.39 is 191 Å². The molecule has 18 atom stereocenters. The first kappa shape index (κ1) is 95.0. The van der Waals surface area contributed by atoms with Gasteiger partial charge in [-0.3, -0.25) is 53.3 Å². The number of hydrogen-bond donors (Lipinski definition) is 13. The van der Waals surface area contributed by atoms with Gasteiger partial charge in [-0.25, -0.2) is 9.59 Å². The van der Waals surface area contributed by atoms with E-state index in [9.17, 15) is 48.9 Å². The number of benzene rings is 4. The van der Waals surface area contributed by atoms with Gasteiger partial charge in [0.25, 0.3) is 0 Å². The molecule has 3 saturated heterocycles. The minimum atomic E-state index is -2.48. The highest BCUT2D eigenvalue weighted by Crippen LogP contribution is 2.65. The summed E-state index contributed by atoms with van der Waals surface area (Å²) in [6.45, 7) is 8.07. The predicted molar refractivity (Wildman–Crippen MR) is 464 cm³/mol. The Labute approximate surface area is 729 Å². The fourth-order valence-electron chi connectivity index (χ4n) is 16.1. The zero-order valence-corrected chi connectivity index (χ0v) is 73.4. The number of allylic oxidation sites excluding steroid dienone is 4. The number of aromatic hydroxyl groups is 1. The number of ketones is 1. The maximum absolute atomic E-state index is 15.3. The van der Waals surface area contributed by atoms with E-state index in [0.29, 0.717) is 30.4 Å². The van der Waals surface area contributed by atoms with Gasteiger partial charge in [-0.05, 0) is 137 Å². The number of hydrogen-bond acceptors (Lipinski definition) is 26. The van der Waals surface area contributed by atoms with Crippen LogP contribution in [0.15, 0.2) is 121 Å². The standard InChI is InChI=1S/C85H109ClN12O20S4/c1-45-18-17-24-66(115-9)85(113)72-71(116-82(112)96-85)46(2)73-83(5,117-73)84(72,41-68(103)98(7)63-37-51(34-45)38-65(114-8)69(63)86)118-81(111)47(3)97(6)67(102)31-33-119-120-43-61(74(89)104)93-79(109)62-44-122-121-42-60(92-76(106)57(88)36-49-19-11-10-12-20-49)64(101)40-54(35-50-25-29-55(100)30-26-50)75(105)91-59(39-53-28-27-52-21-13-14-22-56(52)53)78(108)90-58(23-15-16-32-87)77(107)95-70(48(4)99)80(110)94-62/h10-14,17-22,24-26,28-30,37-38,46-48,54,57-62,66,70-73,99-100,113H,15-16,23,27,31-36,39-44,87-88H2,1-9H3,(H2,89,104)(H,90,108)(H,91,105)(H,92,106)(H,93,109)(H,94,110)(H,95,107)(H,96,112)/b24-17+,45-18+/t46-,47+,48-,54-,57-,58+,59-,60+,61+,62+,66-,70+,71-,72?,73+,83-,84-,85-/m1/s1. The number of carbonyl (C=O) groups is 12. The quantitative estimate of drug-likeness (QED) is 0.0171. The number of amides is 10. The van der Waals surface area contributed by atoms with Gasteiger partial charge in [-0.15, -0.1) is 0 Å². The van der Waals surface area contributed by atoms with Gasteiger partial charge in [0.05, 0.1) is 49.4 Å². The number of methoxy groups -OCH3 is 2. The number of aliphatic hydroxyl groups excluding tert-OH is 1. The lowest BCUT2D eigenvalue weighted by Gasteiger charge is -2.58. The van der Waals surface area contributed by atoms with E-state index in [1.54, 1.807) is 80.6 Å². The highest BCUT2D eigenvalue weighted by atomic mass is 35.5. The topological polar surface area (TPSA) is 484 Å². The summed E-state index contributed by atoms with van der Waals surface area (Å²) in [6.07, 6.45) is 0.651. The number of unbranched alkanes of at least 4 members (excludes halogenated alkanes) is 1. The SMILES string of the molecule is COc1cc2cc(c1Cl)N(C)C(=O)C[C@@]1(OC(=O)[C@H](C)N(C)C(=O)CCSSC[C@H](NC(=O)[C@@H]3CSSC[C@H](NC(=O)[C@H](N)Cc4ccccc4)C(=O)C[C@@H](Cc4ccc(O)cc4)C(=O)N[C@H](CC4=CCc5ccccc54)C(=O)N[C@@H](CCCCN)C(=O)N[C@@H]([C@@H](C)O)C(=O)N3)C(N)=O)C3[C@H](OC(=O)N[C@@]3(O)[C@H](OC)/C=C/C=C(\C)C2)[C@@H](C)[C@@H]2O[C@]21C. The molecule has 37 heteroatoms. The molecule has 660 valence electrons. The molecule has 4 aliphatic heterocycles. The Morgan fingerprint density at radius 1 is 0.869 bits per heavy atom. The van der Waals surface area contributed by atoms with Crippen LogP contribution in [0.25, 0.3) is 5.57 Å². The summed E-state index contributed by atoms with van der Waals surface area (Å²) in [6, 6.07) is 14.2. The Bertz CT molecular complexity index is 4630. The lowest BCUT2D eigenvalue weighted by Crippen LogP contribution is -2.79. The Morgan fingerprint density at radius 2 is 1.57 bits per heavy atom. The number of fused-ring (bicyclic) bond motifs is 5. The van der Waals surface area contributed by atoms with Crippen LogP contribution >= 0.6 is 54.8 Å². The third-order valence-corrected chi connectivity index (χ3v) is 28.4. The first-order valence-corrected chi connectivity index (χ1v) is 45.6. The molecule has 4 aromatic rings. The number of aliphatic hydroxyl groups is 2. The molecule has 6 aliphatic rings. The van der Waals surface area contributed by atoms with Crippen molar-refractivity contribution in [2.45, 2.75) is 195 Å². The molecule has 0 radical (unpaired) electrons. The van der Waals surface area contributed by atoms with E-state index in [-0.39, 0.29) is 90.3 Å². The number of nitrogens with two attached hydrogens (primary N) is 3. The Morgan fingerprint density at radius 3 is 2.26 bits per heavy atom. The second kappa shape index (κ2) is 42.4. The number of epoxide rings is 1. The molecule has 32 nitrogen and oxygen atoms in total. The van der Waals surface area contributed by atoms with Crippen molar-refractivity contribution in [2.24, 2.45) is 35.0 Å². The summed E-state index contributed by atoms with van der Waals surface area (Å²) in [5.41, 5.74) is 17.7. The van der Waals surface area contributed by atoms with Gasteiger partial charge in [0.15, 0.2) is 17.1 Å². The number of primary amides is 1. The van der Waals surface area contributed by atoms with Gasteiger partial charge in [0, 0.05) is 75.3 Å². The van der Waals surface area contributed by atoms with Crippen molar-refractivity contribution in [3.8, 4) is 11.5 Å². The third-order valence-electron chi connectivity index (χ3n) is 23.2. The molecule has 10 amide bonds. The Kier molecular flexibility index (Phi) is 33.1. The zero-order chi connectivity index (χ0) is 88.7. The zero-order valence-electron chi connectivity index (χ0n) is 69.4. The number of rotatable bonds is 27. The number of esters is 1. The van der Waals surface area contributed by atoms with Gasteiger partial charge in [0.2, 0.25) is 53.2 Å². The largest absolute Gasteiger partial charge is 0.508 e. The van der Waals surface area contributed by atoms with Crippen molar-refractivity contribution in [1.82, 2.24) is 42.1 Å². The van der Waals surface area contributed by atoms with Crippen LogP contribution in [-0.4, -0.2) is 239 Å². The van der Waals surface area contributed by atoms with Gasteiger partial charge in [-0.2, -0.15) is 0 Å². The highest BCUT2D eigenvalue weighted by Gasteiger charge is 2.83. The van der Waals surface area contributed by atoms with Crippen LogP contribution in [0.4, 0.5) is 10.5 Å². The number of nitrogens with one attached hydrogen (secondary N) is 7. The molecule has 122 heavy (non-hydrogen) atoms. The monoisotopic (exact) mass is 1780 g/mol. The number of Topliss-reactive ketones (excluding diaryl/α,β-unsaturated/α-hetero) is 1. The van der Waals surface area contributed by atoms with E-state index >= 15 is 24.0 Å². The number of carbonyl (C=O) groups excluding carboxylic acids is 12. The molecule has 4 aromatic carbocycles. The summed E-state index contributed by atoms with van der Waals surface area (Å²) in [7, 11) is 9.64. The summed E-state index contributed by atoms with van der Waals surface area (Å²) >= 11 is 6.96. The van der Waals surface area contributed by atoms with Crippen molar-refractivity contribution in [3.05, 3.63) is 154 Å². The van der Waals surface area contributed by atoms with Crippen LogP contribution in [0.2, 0.25) is 5.02 Å². The summed E-state index contributed by atoms with van der Waals surface area (Å²) in [5, 5.41) is 53.8. The van der Waals surface area contributed by atoms with Crippen LogP contribution in [0.1, 0.15) is 107 Å². The van der Waals surface area contributed by atoms with Crippen LogP contribution in [-0.2, 0) is 97.4 Å². The van der Waals surface area contributed by atoms with Crippen LogP contribution < -0.4 is 64.1 Å². The average Bonchev–Trinajstić information content (AvgIpc) is 1.49. The summed E-state index contributed by atoms with van der Waals surface area (Å²) in [5.74, 6) is -13.2. The molecule has 1 unspecified atom stereocenters. The van der Waals surface area contributed by atoms with E-state index in [1.165, 1.54) is 65.3 Å². The van der Waals surface area contributed by atoms with Gasteiger partial charge >= 0.3 is 12.1 Å². The maximum atomic E-state index is 15.3. The number of alkyl carbamates (subject to hydrolysis) is 1. The molecular formula is C85H109ClN12O20S4. The van der Waals surface area contributed by atoms with E-state index in [0.717, 1.165) is 75.9 Å². The molecular weight excluding hydrogens is 1670 g/mol. The minimum Gasteiger partial charge on any atom is -0.508 e. The van der Waals surface area contributed by atoms with Gasteiger partial charge < -0.3 is 97.9 Å². The number of nitrogens with zero attached hydrogens (tertiary/aromatic N) is 2. The van der Waals surface area contributed by atoms with Crippen molar-refractivity contribution >= 4 is 137 Å². The maximum Gasteiger partial charge on any atom is 0.409 e. The Balaban J connectivity index is 0.870. The van der Waals surface area contributed by atoms with Crippen molar-refractivity contribution in [3.63, 3.8) is 0 Å². The predicted octanol–water partition coefficient (Wildman–Crippen LogP) is 4.32. The number of likely N-dealkylation sites (N-methyl/N-ethyl adjacent to an activating group) is 1. The van der Waals surface area contributed by atoms with Crippen LogP contribution in [0.5, 0.6) is 11.5 Å². The van der Waals surface area contributed by atoms with E-state index in [4.69, 9.17) is 52.5 Å². The number of ether oxygens (including phenoxy) is 5. The van der Waals surface area contributed by atoms with Crippen LogP contribution in [0, 0.1) is 17.8 Å². The molecule has 10 rings (SSSR count). The highest BCUT2D eigenvalue weighted by molar-refractivity contribution is 8.77. The number of phenolic OH excluding ortho intramolecular Hbond substituents is 1. The fourth-order valence-corrected chi connectivity index (χ4v) is 20.9. The lowest BCUT2D eigenvalue weighted by atomic mass is 9.57. The second-order valence-electron chi connectivity index (χ2n) is 31.8. The molecule has 0 spiro atoms. The van der Waals surface area contributed by atoms with Gasteiger partial charge in [-0.1, -0.05) is 158 Å². The van der Waals surface area contributed by atoms with E-state index in [1.807, 2.05) is 37.3 Å². The molecule has 2 aliphatic carbocycles. The van der Waals surface area contributed by atoms with Crippen molar-refractivity contribution < 1.29 is 96.5 Å². The molecule has 4 heterocycles. The molecule has 2 bridgehead atoms. The lowest BCUT2D eigenvalue weighted by molar-refractivity contribution is -0.265. The van der Waals surface area contributed by atoms with Crippen molar-refractivity contribution in [1.29, 1.82) is 0 Å². The smallest absolute Gasteiger partial charge is 0.409 e. The second-order valence-corrected chi connectivity index (χ2v) is 37.3. The normalized spacial score (nSPS) is 28.3. The molecule has 1 saturated carbocycles. The fraction of sp³-hybridized carbons (Fsp3) is 0.506. The number of halogens is 1. The summed E-state index contributed by atoms with van der Waals surface area (Å²) in [4.78, 5) is 178. The number of anilines is 1. The third kappa shape index (κ3) is 22.8. The molecule has 0 aromatic heterocycles. The minimum absolute atomic E-state index is 0.0356. The van der Waals surface area contributed by atoms with Gasteiger partial charge in [0.1, 0.15) is 70.6 Å².